The predicted molar refractivity (Wildman–Crippen MR) is 134 cm³/mol. The van der Waals surface area contributed by atoms with Crippen molar-refractivity contribution in [3.63, 3.8) is 0 Å². The van der Waals surface area contributed by atoms with E-state index in [0.717, 1.165) is 47.7 Å². The highest BCUT2D eigenvalue weighted by molar-refractivity contribution is 5.94. The summed E-state index contributed by atoms with van der Waals surface area (Å²) in [7, 11) is 3.88. The number of H-pyrrole nitrogens is 1. The lowest BCUT2D eigenvalue weighted by Crippen LogP contribution is -2.56. The molecule has 0 amide bonds. The van der Waals surface area contributed by atoms with E-state index in [1.807, 2.05) is 18.3 Å². The molecule has 0 spiro atoms. The van der Waals surface area contributed by atoms with Gasteiger partial charge in [0.15, 0.2) is 0 Å². The van der Waals surface area contributed by atoms with Crippen LogP contribution in [0.4, 0.5) is 14.5 Å². The molecule has 0 radical (unpaired) electrons. The van der Waals surface area contributed by atoms with Gasteiger partial charge < -0.3 is 24.8 Å². The van der Waals surface area contributed by atoms with Gasteiger partial charge >= 0.3 is 0 Å². The van der Waals surface area contributed by atoms with Crippen molar-refractivity contribution in [3.8, 4) is 28.1 Å². The molecule has 1 saturated heterocycles. The number of anilines is 1. The molecule has 2 aromatic heterocycles. The summed E-state index contributed by atoms with van der Waals surface area (Å²) in [6.45, 7) is 4.02. The molecule has 1 atom stereocenters. The predicted octanol–water partition coefficient (Wildman–Crippen LogP) is 4.41. The fourth-order valence-corrected chi connectivity index (χ4v) is 5.23. The molecule has 1 unspecified atom stereocenters. The van der Waals surface area contributed by atoms with Gasteiger partial charge in [-0.1, -0.05) is 6.07 Å². The Kier molecular flexibility index (Phi) is 5.42. The SMILES string of the molecule is CNCc1cc(F)c(-c2ccc3[nH]cc(-c4ccc5c(c4)OCC4CN(C)CCN54)c3n2)c(F)c1. The van der Waals surface area contributed by atoms with Gasteiger partial charge in [-0.2, -0.15) is 0 Å². The summed E-state index contributed by atoms with van der Waals surface area (Å²) in [5.74, 6) is -0.391. The van der Waals surface area contributed by atoms with Crippen LogP contribution in [0.5, 0.6) is 5.75 Å². The molecular weight excluding hydrogens is 448 g/mol. The normalized spacial score (nSPS) is 17.8. The number of hydrogen-bond donors (Lipinski definition) is 2. The van der Waals surface area contributed by atoms with Gasteiger partial charge in [-0.05, 0) is 61.6 Å². The molecule has 0 bridgehead atoms. The molecule has 6 rings (SSSR count). The first-order valence-electron chi connectivity index (χ1n) is 11.9. The van der Waals surface area contributed by atoms with Crippen molar-refractivity contribution in [2.75, 3.05) is 45.2 Å². The highest BCUT2D eigenvalue weighted by Gasteiger charge is 2.32. The maximum absolute atomic E-state index is 14.9. The topological polar surface area (TPSA) is 56.4 Å². The minimum absolute atomic E-state index is 0.117. The average molecular weight is 476 g/mol. The second kappa shape index (κ2) is 8.62. The fraction of sp³-hybridized carbons (Fsp3) is 0.296. The van der Waals surface area contributed by atoms with Crippen LogP contribution in [0.1, 0.15) is 5.56 Å². The van der Waals surface area contributed by atoms with Crippen LogP contribution in [0.15, 0.2) is 48.7 Å². The number of likely N-dealkylation sites (N-methyl/N-ethyl adjacent to an activating group) is 1. The van der Waals surface area contributed by atoms with Crippen LogP contribution in [0.25, 0.3) is 33.4 Å². The molecule has 180 valence electrons. The summed E-state index contributed by atoms with van der Waals surface area (Å²) in [6.07, 6.45) is 1.88. The first-order chi connectivity index (χ1) is 17.0. The number of halogens is 2. The molecular formula is C27H27F2N5O. The van der Waals surface area contributed by atoms with E-state index in [2.05, 4.69) is 44.3 Å². The fourth-order valence-electron chi connectivity index (χ4n) is 5.23. The minimum atomic E-state index is -0.622. The van der Waals surface area contributed by atoms with E-state index in [1.54, 1.807) is 13.1 Å². The number of aromatic nitrogens is 2. The van der Waals surface area contributed by atoms with Crippen molar-refractivity contribution in [1.82, 2.24) is 20.2 Å². The molecule has 6 nitrogen and oxygen atoms in total. The lowest BCUT2D eigenvalue weighted by atomic mass is 10.0. The van der Waals surface area contributed by atoms with Crippen LogP contribution in [-0.2, 0) is 6.54 Å². The van der Waals surface area contributed by atoms with E-state index in [4.69, 9.17) is 4.74 Å². The molecule has 35 heavy (non-hydrogen) atoms. The van der Waals surface area contributed by atoms with Crippen LogP contribution in [0.2, 0.25) is 0 Å². The van der Waals surface area contributed by atoms with Crippen LogP contribution >= 0.6 is 0 Å². The van der Waals surface area contributed by atoms with Gasteiger partial charge in [-0.3, -0.25) is 0 Å². The smallest absolute Gasteiger partial charge is 0.143 e. The van der Waals surface area contributed by atoms with E-state index in [9.17, 15) is 8.78 Å². The maximum atomic E-state index is 14.9. The molecule has 2 aliphatic rings. The number of nitrogens with one attached hydrogen (secondary N) is 2. The van der Waals surface area contributed by atoms with E-state index in [1.165, 1.54) is 12.1 Å². The van der Waals surface area contributed by atoms with Crippen LogP contribution < -0.4 is 15.0 Å². The number of pyridine rings is 1. The summed E-state index contributed by atoms with van der Waals surface area (Å²) in [6, 6.07) is 12.7. The van der Waals surface area contributed by atoms with Gasteiger partial charge in [0.2, 0.25) is 0 Å². The zero-order valence-electron chi connectivity index (χ0n) is 19.7. The zero-order valence-corrected chi connectivity index (χ0v) is 19.7. The Morgan fingerprint density at radius 3 is 2.74 bits per heavy atom. The second-order valence-electron chi connectivity index (χ2n) is 9.36. The molecule has 0 aliphatic carbocycles. The Morgan fingerprint density at radius 2 is 1.94 bits per heavy atom. The molecule has 8 heteroatoms. The number of piperazine rings is 1. The average Bonchev–Trinajstić information content (AvgIpc) is 3.26. The van der Waals surface area contributed by atoms with E-state index in [-0.39, 0.29) is 11.3 Å². The van der Waals surface area contributed by atoms with Crippen molar-refractivity contribution in [3.05, 3.63) is 65.9 Å². The van der Waals surface area contributed by atoms with Gasteiger partial charge in [-0.25, -0.2) is 13.8 Å². The molecule has 4 heterocycles. The number of rotatable bonds is 4. The third kappa shape index (κ3) is 3.83. The number of benzene rings is 2. The lowest BCUT2D eigenvalue weighted by Gasteiger charge is -2.44. The lowest BCUT2D eigenvalue weighted by molar-refractivity contribution is 0.188. The third-order valence-corrected chi connectivity index (χ3v) is 6.96. The molecule has 1 fully saturated rings. The number of hydrogen-bond acceptors (Lipinski definition) is 5. The van der Waals surface area contributed by atoms with Crippen molar-refractivity contribution in [2.45, 2.75) is 12.6 Å². The summed E-state index contributed by atoms with van der Waals surface area (Å²) < 4.78 is 35.9. The van der Waals surface area contributed by atoms with Gasteiger partial charge in [0.25, 0.3) is 0 Å². The zero-order chi connectivity index (χ0) is 24.1. The van der Waals surface area contributed by atoms with Crippen molar-refractivity contribution in [1.29, 1.82) is 0 Å². The van der Waals surface area contributed by atoms with E-state index in [0.29, 0.717) is 30.3 Å². The quantitative estimate of drug-likeness (QED) is 0.458. The standard InChI is InChI=1S/C27H27F2N5O/c1-30-12-16-9-20(28)26(21(29)10-16)22-4-5-23-27(32-22)19(13-31-23)17-3-6-24-25(11-17)35-15-18-14-33(2)7-8-34(18)24/h3-6,9-11,13,18,30-31H,7-8,12,14-15H2,1-2H3. The van der Waals surface area contributed by atoms with Crippen LogP contribution in [0.3, 0.4) is 0 Å². The van der Waals surface area contributed by atoms with Crippen LogP contribution in [-0.4, -0.2) is 61.2 Å². The first kappa shape index (κ1) is 22.0. The molecule has 2 aliphatic heterocycles. The Hall–Kier alpha value is -3.49. The Morgan fingerprint density at radius 1 is 1.11 bits per heavy atom. The van der Waals surface area contributed by atoms with Crippen LogP contribution in [0, 0.1) is 11.6 Å². The second-order valence-corrected chi connectivity index (χ2v) is 9.36. The Labute approximate surface area is 202 Å². The summed E-state index contributed by atoms with van der Waals surface area (Å²) in [5, 5.41) is 2.91. The number of aromatic amines is 1. The minimum Gasteiger partial charge on any atom is -0.489 e. The summed E-state index contributed by atoms with van der Waals surface area (Å²) in [4.78, 5) is 12.7. The highest BCUT2D eigenvalue weighted by atomic mass is 19.1. The maximum Gasteiger partial charge on any atom is 0.143 e. The number of nitrogens with zero attached hydrogens (tertiary/aromatic N) is 3. The molecule has 2 N–H and O–H groups in total. The summed E-state index contributed by atoms with van der Waals surface area (Å²) in [5.41, 5.74) is 5.07. The highest BCUT2D eigenvalue weighted by Crippen LogP contribution is 2.40. The largest absolute Gasteiger partial charge is 0.489 e. The molecule has 4 aromatic rings. The first-order valence-corrected chi connectivity index (χ1v) is 11.9. The third-order valence-electron chi connectivity index (χ3n) is 6.96. The van der Waals surface area contributed by atoms with Gasteiger partial charge in [0.1, 0.15) is 24.0 Å². The van der Waals surface area contributed by atoms with Crippen molar-refractivity contribution >= 4 is 16.7 Å². The monoisotopic (exact) mass is 475 g/mol. The number of ether oxygens (including phenoxy) is 1. The van der Waals surface area contributed by atoms with Gasteiger partial charge in [0, 0.05) is 37.9 Å². The summed E-state index contributed by atoms with van der Waals surface area (Å²) >= 11 is 0. The Bertz CT molecular complexity index is 1400. The van der Waals surface area contributed by atoms with E-state index < -0.39 is 11.6 Å². The van der Waals surface area contributed by atoms with Gasteiger partial charge in [0.05, 0.1) is 34.0 Å². The molecule has 2 aromatic carbocycles. The van der Waals surface area contributed by atoms with Crippen molar-refractivity contribution < 1.29 is 13.5 Å². The Balaban J connectivity index is 1.38. The molecule has 0 saturated carbocycles. The number of fused-ring (bicyclic) bond motifs is 4. The van der Waals surface area contributed by atoms with Gasteiger partial charge in [-0.15, -0.1) is 0 Å². The van der Waals surface area contributed by atoms with E-state index >= 15 is 0 Å². The van der Waals surface area contributed by atoms with Crippen molar-refractivity contribution in [2.24, 2.45) is 0 Å².